The number of anilines is 1. The summed E-state index contributed by atoms with van der Waals surface area (Å²) in [6, 6.07) is 6.55. The van der Waals surface area contributed by atoms with Crippen molar-refractivity contribution in [2.45, 2.75) is 46.5 Å². The Hall–Kier alpha value is -1.32. The summed E-state index contributed by atoms with van der Waals surface area (Å²) < 4.78 is 2.14. The summed E-state index contributed by atoms with van der Waals surface area (Å²) in [5.74, 6) is 0.860. The zero-order chi connectivity index (χ0) is 18.3. The molecule has 0 fully saturated rings. The summed E-state index contributed by atoms with van der Waals surface area (Å²) in [4.78, 5) is 0. The highest BCUT2D eigenvalue weighted by molar-refractivity contribution is 8.69. The summed E-state index contributed by atoms with van der Waals surface area (Å²) in [5.41, 5.74) is 5.89. The van der Waals surface area contributed by atoms with E-state index in [1.54, 1.807) is 6.08 Å². The van der Waals surface area contributed by atoms with Crippen LogP contribution < -0.4 is 4.31 Å². The maximum atomic E-state index is 4.52. The second kappa shape index (κ2) is 9.85. The van der Waals surface area contributed by atoms with Crippen LogP contribution in [-0.2, 0) is 0 Å². The number of para-hydroxylation sites is 1. The van der Waals surface area contributed by atoms with Gasteiger partial charge in [0.25, 0.3) is 0 Å². The summed E-state index contributed by atoms with van der Waals surface area (Å²) >= 11 is 4.52. The number of rotatable bonds is 8. The van der Waals surface area contributed by atoms with Gasteiger partial charge in [-0.1, -0.05) is 95.0 Å². The minimum absolute atomic E-state index is 0.430. The minimum atomic E-state index is 0.430. The topological polar surface area (TPSA) is 3.24 Å². The van der Waals surface area contributed by atoms with E-state index in [9.17, 15) is 0 Å². The van der Waals surface area contributed by atoms with Crippen molar-refractivity contribution >= 4 is 28.3 Å². The van der Waals surface area contributed by atoms with Crippen LogP contribution in [0.4, 0.5) is 5.69 Å². The first-order chi connectivity index (χ1) is 11.3. The molecule has 0 saturated heterocycles. The van der Waals surface area contributed by atoms with E-state index in [0.29, 0.717) is 11.8 Å². The lowest BCUT2D eigenvalue weighted by Gasteiger charge is -2.30. The molecule has 0 unspecified atom stereocenters. The van der Waals surface area contributed by atoms with Crippen molar-refractivity contribution in [3.8, 4) is 0 Å². The molecule has 1 rings (SSSR count). The molecule has 3 heteroatoms. The van der Waals surface area contributed by atoms with Gasteiger partial charge in [-0.05, 0) is 35.5 Å². The van der Waals surface area contributed by atoms with Crippen molar-refractivity contribution in [2.24, 2.45) is 0 Å². The highest BCUT2D eigenvalue weighted by atomic mass is 33.1. The van der Waals surface area contributed by atoms with Gasteiger partial charge >= 0.3 is 0 Å². The Morgan fingerprint density at radius 2 is 1.67 bits per heavy atom. The standard InChI is InChI=1S/C21H29NS2/c1-8-9-10-12-17(6)18(7)22(24-23)21-19(15(2)3)13-11-14-20(21)16(4)5/h8-16,23H,1,7H2,2-6H3/b10-9-,17-12+. The van der Waals surface area contributed by atoms with Crippen molar-refractivity contribution < 1.29 is 0 Å². The van der Waals surface area contributed by atoms with Crippen LogP contribution in [0.5, 0.6) is 0 Å². The smallest absolute Gasteiger partial charge is 0.0602 e. The van der Waals surface area contributed by atoms with Crippen LogP contribution in [0, 0.1) is 0 Å². The second-order valence-corrected chi connectivity index (χ2v) is 7.41. The molecular formula is C21H29NS2. The number of nitrogens with zero attached hydrogens (tertiary/aromatic N) is 1. The summed E-state index contributed by atoms with van der Waals surface area (Å²) in [5, 5.41) is 0. The zero-order valence-corrected chi connectivity index (χ0v) is 17.1. The second-order valence-electron chi connectivity index (χ2n) is 6.39. The van der Waals surface area contributed by atoms with Crippen molar-refractivity contribution in [3.63, 3.8) is 0 Å². The van der Waals surface area contributed by atoms with Gasteiger partial charge < -0.3 is 0 Å². The Morgan fingerprint density at radius 1 is 1.12 bits per heavy atom. The molecule has 0 amide bonds. The third kappa shape index (κ3) is 5.09. The molecule has 0 aliphatic rings. The molecule has 130 valence electrons. The van der Waals surface area contributed by atoms with Gasteiger partial charge in [-0.25, -0.2) is 0 Å². The van der Waals surface area contributed by atoms with Gasteiger partial charge in [-0.15, -0.1) is 0 Å². The van der Waals surface area contributed by atoms with Gasteiger partial charge in [0, 0.05) is 16.7 Å². The molecule has 1 aromatic carbocycles. The lowest BCUT2D eigenvalue weighted by Crippen LogP contribution is -2.17. The molecule has 1 nitrogen and oxygen atoms in total. The lowest BCUT2D eigenvalue weighted by molar-refractivity contribution is 0.833. The van der Waals surface area contributed by atoms with E-state index in [1.165, 1.54) is 27.8 Å². The minimum Gasteiger partial charge on any atom is -0.275 e. The van der Waals surface area contributed by atoms with Crippen LogP contribution in [0.15, 0.2) is 66.9 Å². The largest absolute Gasteiger partial charge is 0.275 e. The summed E-state index contributed by atoms with van der Waals surface area (Å²) in [6.45, 7) is 19.0. The van der Waals surface area contributed by atoms with Gasteiger partial charge in [0.1, 0.15) is 0 Å². The fourth-order valence-electron chi connectivity index (χ4n) is 2.51. The Bertz CT molecular complexity index is 613. The fourth-order valence-corrected chi connectivity index (χ4v) is 3.58. The Balaban J connectivity index is 3.43. The quantitative estimate of drug-likeness (QED) is 0.222. The first kappa shape index (κ1) is 20.7. The van der Waals surface area contributed by atoms with Gasteiger partial charge in [0.05, 0.1) is 5.69 Å². The summed E-state index contributed by atoms with van der Waals surface area (Å²) in [7, 11) is 1.40. The molecule has 0 saturated carbocycles. The molecule has 0 radical (unpaired) electrons. The number of hydrogen-bond acceptors (Lipinski definition) is 3. The molecule has 0 aliphatic carbocycles. The normalized spacial score (nSPS) is 12.2. The van der Waals surface area contributed by atoms with Gasteiger partial charge in [-0.2, -0.15) is 0 Å². The van der Waals surface area contributed by atoms with Crippen molar-refractivity contribution in [1.29, 1.82) is 0 Å². The van der Waals surface area contributed by atoms with Crippen molar-refractivity contribution in [3.05, 3.63) is 78.1 Å². The average Bonchev–Trinajstić information content (AvgIpc) is 2.55. The van der Waals surface area contributed by atoms with E-state index in [-0.39, 0.29) is 0 Å². The van der Waals surface area contributed by atoms with Crippen LogP contribution in [0.3, 0.4) is 0 Å². The monoisotopic (exact) mass is 359 g/mol. The highest BCUT2D eigenvalue weighted by Gasteiger charge is 2.21. The maximum absolute atomic E-state index is 4.52. The molecule has 0 N–H and O–H groups in total. The predicted octanol–water partition coefficient (Wildman–Crippen LogP) is 7.44. The number of thiol groups is 1. The lowest BCUT2D eigenvalue weighted by atomic mass is 9.92. The summed E-state index contributed by atoms with van der Waals surface area (Å²) in [6.07, 6.45) is 7.71. The predicted molar refractivity (Wildman–Crippen MR) is 116 cm³/mol. The van der Waals surface area contributed by atoms with E-state index in [2.05, 4.69) is 81.9 Å². The van der Waals surface area contributed by atoms with E-state index >= 15 is 0 Å². The van der Waals surface area contributed by atoms with Gasteiger partial charge in [0.15, 0.2) is 0 Å². The Morgan fingerprint density at radius 3 is 2.08 bits per heavy atom. The molecule has 0 atom stereocenters. The highest BCUT2D eigenvalue weighted by Crippen LogP contribution is 2.42. The maximum Gasteiger partial charge on any atom is 0.0602 e. The Kier molecular flexibility index (Phi) is 8.51. The molecular weight excluding hydrogens is 330 g/mol. The van der Waals surface area contributed by atoms with Crippen LogP contribution in [0.2, 0.25) is 0 Å². The van der Waals surface area contributed by atoms with Crippen molar-refractivity contribution in [2.75, 3.05) is 4.31 Å². The molecule has 1 aromatic rings. The van der Waals surface area contributed by atoms with Gasteiger partial charge in [-0.3, -0.25) is 4.31 Å². The third-order valence-corrected chi connectivity index (χ3v) is 4.98. The molecule has 0 aromatic heterocycles. The first-order valence-electron chi connectivity index (χ1n) is 8.24. The molecule has 0 heterocycles. The number of hydrogen-bond donors (Lipinski definition) is 1. The third-order valence-electron chi connectivity index (χ3n) is 3.92. The van der Waals surface area contributed by atoms with Crippen LogP contribution in [-0.4, -0.2) is 0 Å². The fraction of sp³-hybridized carbons (Fsp3) is 0.333. The molecule has 0 aliphatic heterocycles. The first-order valence-corrected chi connectivity index (χ1v) is 10.1. The Labute approximate surface area is 157 Å². The van der Waals surface area contributed by atoms with Crippen LogP contribution in [0.25, 0.3) is 0 Å². The SMILES string of the molecule is C=C/C=C\C=C(/C)C(=C)N(SS)c1c(C(C)C)cccc1C(C)C. The van der Waals surface area contributed by atoms with E-state index in [4.69, 9.17) is 0 Å². The number of allylic oxidation sites excluding steroid dienone is 5. The molecule has 0 spiro atoms. The van der Waals surface area contributed by atoms with Crippen LogP contribution in [0.1, 0.15) is 57.6 Å². The van der Waals surface area contributed by atoms with E-state index in [0.717, 1.165) is 11.3 Å². The van der Waals surface area contributed by atoms with E-state index < -0.39 is 0 Å². The average molecular weight is 360 g/mol. The molecule has 0 bridgehead atoms. The zero-order valence-electron chi connectivity index (χ0n) is 15.4. The van der Waals surface area contributed by atoms with Crippen LogP contribution >= 0.6 is 22.6 Å². The van der Waals surface area contributed by atoms with E-state index in [1.807, 2.05) is 18.2 Å². The van der Waals surface area contributed by atoms with Crippen molar-refractivity contribution in [1.82, 2.24) is 0 Å². The van der Waals surface area contributed by atoms with Gasteiger partial charge in [0.2, 0.25) is 0 Å². The number of benzene rings is 1. The molecule has 24 heavy (non-hydrogen) atoms.